The molecule has 4 amide bonds. The number of hydrogen-bond acceptors (Lipinski definition) is 10. The summed E-state index contributed by atoms with van der Waals surface area (Å²) in [5, 5.41) is 26.2. The highest BCUT2D eigenvalue weighted by Crippen LogP contribution is 2.35. The second kappa shape index (κ2) is 23.3. The number of halogens is 6. The Balaban J connectivity index is 1.24. The molecule has 2 unspecified atom stereocenters. The maximum Gasteiger partial charge on any atom is 0.258 e. The highest BCUT2D eigenvalue weighted by molar-refractivity contribution is 6.40. The van der Waals surface area contributed by atoms with Crippen molar-refractivity contribution >= 4 is 139 Å². The van der Waals surface area contributed by atoms with Gasteiger partial charge < -0.3 is 21.3 Å². The van der Waals surface area contributed by atoms with Crippen molar-refractivity contribution in [2.24, 2.45) is 20.5 Å². The van der Waals surface area contributed by atoms with Crippen LogP contribution in [0.25, 0.3) is 0 Å². The summed E-state index contributed by atoms with van der Waals surface area (Å²) in [5.41, 5.74) is 3.36. The number of carbonyl (C=O) groups is 6. The zero-order valence-electron chi connectivity index (χ0n) is 33.7. The summed E-state index contributed by atoms with van der Waals surface area (Å²) < 4.78 is 0. The molecule has 0 spiro atoms. The molecule has 20 heteroatoms. The Kier molecular flexibility index (Phi) is 17.9. The number of nitrogens with zero attached hydrogens (tertiary/aromatic N) is 4. The van der Waals surface area contributed by atoms with E-state index in [4.69, 9.17) is 69.6 Å². The van der Waals surface area contributed by atoms with Crippen LogP contribution in [0.4, 0.5) is 34.1 Å². The number of Topliss-reactive ketones (excluding diaryl/α,β-unsaturated/α-hetero) is 2. The van der Waals surface area contributed by atoms with Gasteiger partial charge in [-0.1, -0.05) is 70.7 Å². The van der Waals surface area contributed by atoms with E-state index in [1.165, 1.54) is 48.5 Å². The molecule has 2 atom stereocenters. The van der Waals surface area contributed by atoms with Gasteiger partial charge in [0, 0.05) is 39.9 Å². The van der Waals surface area contributed by atoms with Crippen LogP contribution in [0.1, 0.15) is 45.7 Å². The average molecular weight is 986 g/mol. The van der Waals surface area contributed by atoms with E-state index in [2.05, 4.69) is 41.7 Å². The first-order valence-corrected chi connectivity index (χ1v) is 21.6. The predicted octanol–water partition coefficient (Wildman–Crippen LogP) is 11.7. The van der Waals surface area contributed by atoms with Crippen LogP contribution in [0, 0.1) is 0 Å². The number of amides is 4. The molecule has 0 aliphatic heterocycles. The van der Waals surface area contributed by atoms with Crippen molar-refractivity contribution in [1.29, 1.82) is 0 Å². The van der Waals surface area contributed by atoms with E-state index in [0.717, 1.165) is 25.0 Å². The number of aryl methyl sites for hydroxylation is 2. The lowest BCUT2D eigenvalue weighted by atomic mass is 10.1. The van der Waals surface area contributed by atoms with Crippen molar-refractivity contribution in [2.45, 2.75) is 38.8 Å². The van der Waals surface area contributed by atoms with E-state index < -0.39 is 47.3 Å². The number of alkyl halides is 2. The Bertz CT molecular complexity index is 2620. The number of carbonyl (C=O) groups excluding carboxylic acids is 6. The van der Waals surface area contributed by atoms with Crippen molar-refractivity contribution in [1.82, 2.24) is 0 Å². The number of benzene rings is 5. The first-order chi connectivity index (χ1) is 30.6. The van der Waals surface area contributed by atoms with Crippen LogP contribution in [0.15, 0.2) is 118 Å². The maximum absolute atomic E-state index is 13.3. The molecule has 0 radical (unpaired) electrons. The fourth-order valence-electron chi connectivity index (χ4n) is 5.64. The van der Waals surface area contributed by atoms with Gasteiger partial charge in [0.05, 0.1) is 25.8 Å². The smallest absolute Gasteiger partial charge is 0.258 e. The van der Waals surface area contributed by atoms with Gasteiger partial charge in [-0.05, 0) is 111 Å². The van der Waals surface area contributed by atoms with Crippen LogP contribution >= 0.6 is 69.6 Å². The third-order valence-corrected chi connectivity index (χ3v) is 10.6. The molecule has 0 saturated heterocycles. The lowest BCUT2D eigenvalue weighted by molar-refractivity contribution is -0.127. The van der Waals surface area contributed by atoms with E-state index in [-0.39, 0.29) is 54.0 Å². The molecule has 5 aromatic rings. The Morgan fingerprint density at radius 1 is 0.484 bits per heavy atom. The second-order valence-corrected chi connectivity index (χ2v) is 16.1. The zero-order chi connectivity index (χ0) is 46.5. The number of nitrogens with one attached hydrogen (secondary N) is 4. The maximum atomic E-state index is 13.3. The molecule has 0 bridgehead atoms. The van der Waals surface area contributed by atoms with Crippen molar-refractivity contribution in [3.05, 3.63) is 139 Å². The van der Waals surface area contributed by atoms with Gasteiger partial charge in [-0.25, -0.2) is 0 Å². The first-order valence-electron chi connectivity index (χ1n) is 19.0. The Labute approximate surface area is 397 Å². The standard InChI is InChI=1S/C44H36Cl6N8O6/c1-23(59)38(57-55-36-19-27(7-13-32(36)47)41(61)51-29-9-3-25(4-10-29)15-17-45)43(63)53-31-21-34(49)40(35(50)22-31)54-44(64)39(24(2)60)58-56-37-20-28(8-14-33(37)48)42(62)52-30-11-5-26(6-12-30)16-18-46/h3-14,19-22,38-39H,15-18H2,1-2H3,(H,51,61)(H,52,62)(H,53,63)(H,54,64). The molecule has 5 aromatic carbocycles. The van der Waals surface area contributed by atoms with E-state index in [1.807, 2.05) is 24.3 Å². The topological polar surface area (TPSA) is 200 Å². The summed E-state index contributed by atoms with van der Waals surface area (Å²) in [6.07, 6.45) is 1.36. The minimum Gasteiger partial charge on any atom is -0.324 e. The Morgan fingerprint density at radius 3 is 1.25 bits per heavy atom. The van der Waals surface area contributed by atoms with Gasteiger partial charge in [-0.3, -0.25) is 28.8 Å². The highest BCUT2D eigenvalue weighted by atomic mass is 35.5. The van der Waals surface area contributed by atoms with E-state index in [1.54, 1.807) is 24.3 Å². The minimum atomic E-state index is -1.70. The second-order valence-electron chi connectivity index (χ2n) is 13.8. The predicted molar refractivity (Wildman–Crippen MR) is 252 cm³/mol. The molecular weight excluding hydrogens is 949 g/mol. The number of hydrogen-bond donors (Lipinski definition) is 4. The molecule has 0 heterocycles. The van der Waals surface area contributed by atoms with Crippen molar-refractivity contribution in [3.8, 4) is 0 Å². The number of ketones is 2. The Morgan fingerprint density at radius 2 is 0.875 bits per heavy atom. The van der Waals surface area contributed by atoms with Crippen molar-refractivity contribution in [2.75, 3.05) is 33.0 Å². The molecule has 0 aliphatic rings. The highest BCUT2D eigenvalue weighted by Gasteiger charge is 2.27. The largest absolute Gasteiger partial charge is 0.324 e. The fourth-order valence-corrected chi connectivity index (χ4v) is 6.97. The summed E-state index contributed by atoms with van der Waals surface area (Å²) in [6.45, 7) is 2.24. The first kappa shape index (κ1) is 49.3. The van der Waals surface area contributed by atoms with Crippen LogP contribution in [0.5, 0.6) is 0 Å². The zero-order valence-corrected chi connectivity index (χ0v) is 38.3. The van der Waals surface area contributed by atoms with Gasteiger partial charge in [0.1, 0.15) is 11.4 Å². The van der Waals surface area contributed by atoms with E-state index in [9.17, 15) is 28.8 Å². The van der Waals surface area contributed by atoms with Gasteiger partial charge in [-0.15, -0.1) is 23.2 Å². The van der Waals surface area contributed by atoms with E-state index in [0.29, 0.717) is 36.0 Å². The SMILES string of the molecule is CC(=O)C(N=Nc1cc(C(=O)Nc2ccc(CCCl)cc2)ccc1Cl)C(=O)Nc1cc(Cl)c(NC(=O)C(N=Nc2cc(C(=O)Nc3ccc(CCCl)cc3)ccc2Cl)C(C)=O)c(Cl)c1. The molecule has 14 nitrogen and oxygen atoms in total. The van der Waals surface area contributed by atoms with Crippen molar-refractivity contribution < 1.29 is 28.8 Å². The quantitative estimate of drug-likeness (QED) is 0.0382. The Hall–Kier alpha value is -5.74. The monoisotopic (exact) mass is 982 g/mol. The molecule has 64 heavy (non-hydrogen) atoms. The molecule has 330 valence electrons. The lowest BCUT2D eigenvalue weighted by Gasteiger charge is -2.15. The molecule has 5 rings (SSSR count). The summed E-state index contributed by atoms with van der Waals surface area (Å²) in [4.78, 5) is 77.8. The van der Waals surface area contributed by atoms with Crippen LogP contribution in [-0.2, 0) is 32.0 Å². The minimum absolute atomic E-state index is 0.00537. The number of azo groups is 2. The van der Waals surface area contributed by atoms with Crippen LogP contribution < -0.4 is 21.3 Å². The fraction of sp³-hybridized carbons (Fsp3) is 0.182. The normalized spacial score (nSPS) is 12.1. The number of rotatable bonds is 18. The molecule has 0 saturated carbocycles. The van der Waals surface area contributed by atoms with Gasteiger partial charge in [0.15, 0.2) is 11.6 Å². The molecule has 4 N–H and O–H groups in total. The molecule has 0 fully saturated rings. The molecular formula is C44H36Cl6N8O6. The van der Waals surface area contributed by atoms with Gasteiger partial charge >= 0.3 is 0 Å². The van der Waals surface area contributed by atoms with Crippen molar-refractivity contribution in [3.63, 3.8) is 0 Å². The van der Waals surface area contributed by atoms with Gasteiger partial charge in [0.25, 0.3) is 23.6 Å². The van der Waals surface area contributed by atoms with Crippen LogP contribution in [-0.4, -0.2) is 59.0 Å². The van der Waals surface area contributed by atoms with E-state index >= 15 is 0 Å². The third-order valence-electron chi connectivity index (χ3n) is 8.99. The van der Waals surface area contributed by atoms with Gasteiger partial charge in [0.2, 0.25) is 12.1 Å². The summed E-state index contributed by atoms with van der Waals surface area (Å²) in [7, 11) is 0. The third kappa shape index (κ3) is 13.6. The summed E-state index contributed by atoms with van der Waals surface area (Å²) in [5.74, 6) is -3.29. The molecule has 0 aliphatic carbocycles. The van der Waals surface area contributed by atoms with Gasteiger partial charge in [-0.2, -0.15) is 20.5 Å². The molecule has 0 aromatic heterocycles. The average Bonchev–Trinajstić information content (AvgIpc) is 3.24. The van der Waals surface area contributed by atoms with Crippen LogP contribution in [0.3, 0.4) is 0 Å². The van der Waals surface area contributed by atoms with Crippen LogP contribution in [0.2, 0.25) is 20.1 Å². The summed E-state index contributed by atoms with van der Waals surface area (Å²) in [6, 6.07) is 21.9. The number of anilines is 4. The lowest BCUT2D eigenvalue weighted by Crippen LogP contribution is -2.32. The summed E-state index contributed by atoms with van der Waals surface area (Å²) >= 11 is 37.2.